The Kier molecular flexibility index (Phi) is 3.59. The maximum Gasteiger partial charge on any atom is 0.221 e. The van der Waals surface area contributed by atoms with Crippen molar-refractivity contribution in [2.75, 3.05) is 13.1 Å². The van der Waals surface area contributed by atoms with Gasteiger partial charge < -0.3 is 19.3 Å². The summed E-state index contributed by atoms with van der Waals surface area (Å²) < 4.78 is 12.1. The molecule has 0 bridgehead atoms. The highest BCUT2D eigenvalue weighted by molar-refractivity contribution is 5.76. The van der Waals surface area contributed by atoms with Gasteiger partial charge in [-0.2, -0.15) is 0 Å². The smallest absolute Gasteiger partial charge is 0.221 e. The molecule has 2 amide bonds. The van der Waals surface area contributed by atoms with E-state index >= 15 is 0 Å². The summed E-state index contributed by atoms with van der Waals surface area (Å²) in [7, 11) is 0. The first kappa shape index (κ1) is 15.3. The predicted molar refractivity (Wildman–Crippen MR) is 72.7 cm³/mol. The van der Waals surface area contributed by atoms with Crippen molar-refractivity contribution in [3.05, 3.63) is 0 Å². The van der Waals surface area contributed by atoms with Gasteiger partial charge in [-0.15, -0.1) is 0 Å². The summed E-state index contributed by atoms with van der Waals surface area (Å²) in [5.74, 6) is -0.155. The number of hydrogen-bond acceptors (Lipinski definition) is 4. The zero-order valence-corrected chi connectivity index (χ0v) is 13.1. The molecule has 4 atom stereocenters. The number of carbonyl (C=O) groups excluding carboxylic acids is 2. The lowest BCUT2D eigenvalue weighted by molar-refractivity contribution is -0.374. The number of hydrogen-bond donors (Lipinski definition) is 0. The summed E-state index contributed by atoms with van der Waals surface area (Å²) in [6.07, 6.45) is -0.313. The highest BCUT2D eigenvalue weighted by atomic mass is 16.6. The lowest BCUT2D eigenvalue weighted by atomic mass is 9.92. The number of rotatable bonds is 0. The number of fused-ring (bicyclic) bond motifs is 1. The van der Waals surface area contributed by atoms with Crippen LogP contribution in [0.25, 0.3) is 0 Å². The molecule has 0 aromatic heterocycles. The van der Waals surface area contributed by atoms with Gasteiger partial charge >= 0.3 is 0 Å². The zero-order chi connectivity index (χ0) is 15.3. The molecule has 0 aromatic carbocycles. The van der Waals surface area contributed by atoms with Crippen molar-refractivity contribution in [1.29, 1.82) is 0 Å². The van der Waals surface area contributed by atoms with E-state index in [1.165, 1.54) is 13.8 Å². The van der Waals surface area contributed by atoms with Gasteiger partial charge in [0, 0.05) is 26.9 Å². The molecule has 114 valence electrons. The summed E-state index contributed by atoms with van der Waals surface area (Å²) >= 11 is 0. The summed E-state index contributed by atoms with van der Waals surface area (Å²) in [5.41, 5.74) is -1.96. The molecule has 2 aliphatic heterocycles. The Morgan fingerprint density at radius 3 is 1.45 bits per heavy atom. The lowest BCUT2D eigenvalue weighted by Gasteiger charge is -2.63. The van der Waals surface area contributed by atoms with Crippen LogP contribution < -0.4 is 0 Å². The van der Waals surface area contributed by atoms with Gasteiger partial charge in [-0.3, -0.25) is 9.59 Å². The van der Waals surface area contributed by atoms with E-state index < -0.39 is 11.4 Å². The Bertz CT molecular complexity index is 401. The molecule has 0 unspecified atom stereocenters. The fourth-order valence-corrected chi connectivity index (χ4v) is 3.43. The van der Waals surface area contributed by atoms with Crippen molar-refractivity contribution in [3.63, 3.8) is 0 Å². The van der Waals surface area contributed by atoms with Gasteiger partial charge in [0.05, 0.1) is 12.2 Å². The maximum absolute atomic E-state index is 12.0. The molecule has 2 heterocycles. The average molecular weight is 284 g/mol. The minimum absolute atomic E-state index is 0.0773. The van der Waals surface area contributed by atoms with Crippen LogP contribution >= 0.6 is 0 Å². The summed E-state index contributed by atoms with van der Waals surface area (Å²) in [5, 5.41) is 0. The molecule has 0 aliphatic carbocycles. The molecule has 2 saturated heterocycles. The van der Waals surface area contributed by atoms with E-state index in [1.807, 2.05) is 27.7 Å². The van der Waals surface area contributed by atoms with Crippen molar-refractivity contribution >= 4 is 11.8 Å². The predicted octanol–water partition coefficient (Wildman–Crippen LogP) is 0.953. The fraction of sp³-hybridized carbons (Fsp3) is 0.857. The van der Waals surface area contributed by atoms with Crippen molar-refractivity contribution in [3.8, 4) is 0 Å². The molecule has 0 radical (unpaired) electrons. The Morgan fingerprint density at radius 1 is 0.900 bits per heavy atom. The van der Waals surface area contributed by atoms with Gasteiger partial charge in [-0.1, -0.05) is 0 Å². The third-order valence-corrected chi connectivity index (χ3v) is 4.39. The molecule has 6 heteroatoms. The molecular formula is C14H24N2O4. The molecule has 6 nitrogen and oxygen atoms in total. The molecule has 20 heavy (non-hydrogen) atoms. The Hall–Kier alpha value is -1.14. The molecule has 2 fully saturated rings. The Morgan fingerprint density at radius 2 is 1.20 bits per heavy atom. The van der Waals surface area contributed by atoms with E-state index in [1.54, 1.807) is 9.80 Å². The van der Waals surface area contributed by atoms with Crippen LogP contribution in [0.4, 0.5) is 0 Å². The van der Waals surface area contributed by atoms with Crippen molar-refractivity contribution < 1.29 is 19.1 Å². The summed E-state index contributed by atoms with van der Waals surface area (Å²) in [6, 6.07) is 0. The minimum atomic E-state index is -0.978. The highest BCUT2D eigenvalue weighted by Crippen LogP contribution is 2.44. The summed E-state index contributed by atoms with van der Waals surface area (Å²) in [6.45, 7) is 11.4. The fourth-order valence-electron chi connectivity index (χ4n) is 3.43. The van der Waals surface area contributed by atoms with Crippen LogP contribution in [0, 0.1) is 0 Å². The van der Waals surface area contributed by atoms with Crippen molar-refractivity contribution in [2.45, 2.75) is 65.2 Å². The topological polar surface area (TPSA) is 59.1 Å². The first-order valence-electron chi connectivity index (χ1n) is 7.04. The molecule has 0 aromatic rings. The monoisotopic (exact) mass is 284 g/mol. The van der Waals surface area contributed by atoms with Gasteiger partial charge in [-0.05, 0) is 27.7 Å². The quantitative estimate of drug-likeness (QED) is 0.664. The maximum atomic E-state index is 12.0. The Labute approximate surface area is 120 Å². The van der Waals surface area contributed by atoms with Gasteiger partial charge in [-0.25, -0.2) is 0 Å². The normalized spacial score (nSPS) is 41.3. The number of ether oxygens (including phenoxy) is 2. The third-order valence-electron chi connectivity index (χ3n) is 4.39. The van der Waals surface area contributed by atoms with Crippen LogP contribution in [0.2, 0.25) is 0 Å². The van der Waals surface area contributed by atoms with Crippen LogP contribution in [0.5, 0.6) is 0 Å². The van der Waals surface area contributed by atoms with Crippen molar-refractivity contribution in [2.24, 2.45) is 0 Å². The first-order valence-corrected chi connectivity index (χ1v) is 7.04. The van der Waals surface area contributed by atoms with Crippen LogP contribution in [-0.4, -0.2) is 58.4 Å². The van der Waals surface area contributed by atoms with Gasteiger partial charge in [0.25, 0.3) is 0 Å². The minimum Gasteiger partial charge on any atom is -0.346 e. The molecule has 0 saturated carbocycles. The van der Waals surface area contributed by atoms with Gasteiger partial charge in [0.1, 0.15) is 0 Å². The second kappa shape index (κ2) is 4.70. The van der Waals surface area contributed by atoms with Crippen LogP contribution in [0.3, 0.4) is 0 Å². The second-order valence-electron chi connectivity index (χ2n) is 6.08. The molecule has 0 spiro atoms. The standard InChI is InChI=1S/C14H24N2O4/c1-9-7-15(11(3)17)14(6)13(5,19-9)16(12(4)18)8-10(2)20-14/h9-10H,7-8H2,1-6H3/t9-,10-,13+,14+/m0/s1. The molecule has 2 rings (SSSR count). The van der Waals surface area contributed by atoms with Crippen LogP contribution in [0.1, 0.15) is 41.5 Å². The second-order valence-corrected chi connectivity index (χ2v) is 6.08. The van der Waals surface area contributed by atoms with Crippen molar-refractivity contribution in [1.82, 2.24) is 9.80 Å². The van der Waals surface area contributed by atoms with Crippen LogP contribution in [0.15, 0.2) is 0 Å². The van der Waals surface area contributed by atoms with Gasteiger partial charge in [0.15, 0.2) is 11.4 Å². The summed E-state index contributed by atoms with van der Waals surface area (Å²) in [4.78, 5) is 27.4. The Balaban J connectivity index is 2.52. The number of morpholine rings is 2. The third kappa shape index (κ3) is 2.02. The average Bonchev–Trinajstić information content (AvgIpc) is 2.29. The number of carbonyl (C=O) groups is 2. The lowest BCUT2D eigenvalue weighted by Crippen LogP contribution is -2.80. The van der Waals surface area contributed by atoms with E-state index in [4.69, 9.17) is 9.47 Å². The van der Waals surface area contributed by atoms with E-state index in [9.17, 15) is 9.59 Å². The first-order chi connectivity index (χ1) is 9.11. The van der Waals surface area contributed by atoms with Gasteiger partial charge in [0.2, 0.25) is 11.8 Å². The largest absolute Gasteiger partial charge is 0.346 e. The van der Waals surface area contributed by atoms with E-state index in [0.29, 0.717) is 13.1 Å². The number of amides is 2. The van der Waals surface area contributed by atoms with E-state index in [-0.39, 0.29) is 24.0 Å². The molecule has 0 N–H and O–H groups in total. The van der Waals surface area contributed by atoms with Crippen LogP contribution in [-0.2, 0) is 19.1 Å². The zero-order valence-electron chi connectivity index (χ0n) is 13.1. The van der Waals surface area contributed by atoms with E-state index in [2.05, 4.69) is 0 Å². The molecular weight excluding hydrogens is 260 g/mol. The van der Waals surface area contributed by atoms with E-state index in [0.717, 1.165) is 0 Å². The highest BCUT2D eigenvalue weighted by Gasteiger charge is 2.63. The molecule has 2 aliphatic rings. The number of nitrogens with zero attached hydrogens (tertiary/aromatic N) is 2. The SMILES string of the molecule is CC(=O)N1C[C@H](C)O[C@@]2(C)N(C(C)=O)C[C@H](C)O[C@@]12C.